The summed E-state index contributed by atoms with van der Waals surface area (Å²) in [7, 11) is 0. The predicted octanol–water partition coefficient (Wildman–Crippen LogP) is 2.52. The summed E-state index contributed by atoms with van der Waals surface area (Å²) in [5.41, 5.74) is 2.50. The smallest absolute Gasteiger partial charge is 0.274 e. The average Bonchev–Trinajstić information content (AvgIpc) is 3.09. The van der Waals surface area contributed by atoms with E-state index >= 15 is 0 Å². The average molecular weight is 330 g/mol. The third kappa shape index (κ3) is 3.35. The van der Waals surface area contributed by atoms with Crippen LogP contribution in [0.25, 0.3) is 11.0 Å². The van der Waals surface area contributed by atoms with E-state index in [1.165, 1.54) is 0 Å². The van der Waals surface area contributed by atoms with Crippen LogP contribution in [0.2, 0.25) is 0 Å². The van der Waals surface area contributed by atoms with Gasteiger partial charge in [-0.1, -0.05) is 6.07 Å². The van der Waals surface area contributed by atoms with Crippen LogP contribution in [-0.2, 0) is 6.54 Å². The van der Waals surface area contributed by atoms with E-state index in [0.717, 1.165) is 10.9 Å². The summed E-state index contributed by atoms with van der Waals surface area (Å²) in [5, 5.41) is 7.94. The van der Waals surface area contributed by atoms with Crippen molar-refractivity contribution in [3.8, 4) is 0 Å². The second kappa shape index (κ2) is 6.48. The largest absolute Gasteiger partial charge is 0.318 e. The third-order valence-corrected chi connectivity index (χ3v) is 3.66. The van der Waals surface area contributed by atoms with E-state index in [9.17, 15) is 4.79 Å². The molecule has 0 aliphatic rings. The van der Waals surface area contributed by atoms with Gasteiger partial charge in [-0.15, -0.1) is 0 Å². The Labute approximate surface area is 143 Å². The lowest BCUT2D eigenvalue weighted by atomic mass is 10.2. The highest BCUT2D eigenvalue weighted by Crippen LogP contribution is 2.12. The monoisotopic (exact) mass is 330 g/mol. The highest BCUT2D eigenvalue weighted by Gasteiger charge is 2.10. The first-order valence-corrected chi connectivity index (χ1v) is 7.72. The number of aromatic nitrogens is 5. The van der Waals surface area contributed by atoms with Crippen LogP contribution >= 0.6 is 0 Å². The normalized spacial score (nSPS) is 10.7. The first-order valence-electron chi connectivity index (χ1n) is 7.72. The Kier molecular flexibility index (Phi) is 3.88. The van der Waals surface area contributed by atoms with Crippen molar-refractivity contribution in [2.75, 3.05) is 5.32 Å². The van der Waals surface area contributed by atoms with Crippen LogP contribution in [-0.4, -0.2) is 30.6 Å². The molecule has 7 heteroatoms. The quantitative estimate of drug-likeness (QED) is 0.621. The Bertz CT molecular complexity index is 1030. The number of rotatable bonds is 4. The zero-order valence-corrected chi connectivity index (χ0v) is 13.2. The van der Waals surface area contributed by atoms with Crippen molar-refractivity contribution < 1.29 is 4.79 Å². The molecule has 0 atom stereocenters. The number of hydrogen-bond acceptors (Lipinski definition) is 5. The van der Waals surface area contributed by atoms with E-state index < -0.39 is 0 Å². The van der Waals surface area contributed by atoms with Crippen molar-refractivity contribution >= 4 is 22.6 Å². The summed E-state index contributed by atoms with van der Waals surface area (Å²) in [6.45, 7) is 0.585. The number of nitrogens with zero attached hydrogens (tertiary/aromatic N) is 5. The van der Waals surface area contributed by atoms with Gasteiger partial charge in [0.2, 0.25) is 0 Å². The maximum absolute atomic E-state index is 12.4. The third-order valence-electron chi connectivity index (χ3n) is 3.66. The van der Waals surface area contributed by atoms with Crippen LogP contribution < -0.4 is 5.32 Å². The highest BCUT2D eigenvalue weighted by atomic mass is 16.1. The van der Waals surface area contributed by atoms with Crippen molar-refractivity contribution in [3.05, 3.63) is 78.6 Å². The van der Waals surface area contributed by atoms with Crippen LogP contribution in [0, 0.1) is 0 Å². The van der Waals surface area contributed by atoms with Crippen LogP contribution in [0.4, 0.5) is 5.69 Å². The lowest BCUT2D eigenvalue weighted by molar-refractivity contribution is 0.102. The van der Waals surface area contributed by atoms with Gasteiger partial charge in [0.15, 0.2) is 5.65 Å². The van der Waals surface area contributed by atoms with Crippen molar-refractivity contribution in [2.24, 2.45) is 0 Å². The van der Waals surface area contributed by atoms with E-state index in [2.05, 4.69) is 25.4 Å². The maximum Gasteiger partial charge on any atom is 0.274 e. The van der Waals surface area contributed by atoms with Crippen molar-refractivity contribution in [2.45, 2.75) is 6.54 Å². The molecule has 0 unspecified atom stereocenters. The number of fused-ring (bicyclic) bond motifs is 1. The van der Waals surface area contributed by atoms with Gasteiger partial charge in [-0.05, 0) is 35.9 Å². The van der Waals surface area contributed by atoms with Crippen LogP contribution in [0.1, 0.15) is 16.1 Å². The molecule has 122 valence electrons. The fraction of sp³-hybridized carbons (Fsp3) is 0.0556. The van der Waals surface area contributed by atoms with Gasteiger partial charge in [-0.2, -0.15) is 5.10 Å². The minimum Gasteiger partial charge on any atom is -0.318 e. The molecule has 25 heavy (non-hydrogen) atoms. The molecule has 7 nitrogen and oxygen atoms in total. The first-order chi connectivity index (χ1) is 12.3. The van der Waals surface area contributed by atoms with Gasteiger partial charge in [0, 0.05) is 30.2 Å². The molecule has 0 saturated heterocycles. The van der Waals surface area contributed by atoms with E-state index in [-0.39, 0.29) is 5.91 Å². The molecule has 0 bridgehead atoms. The topological polar surface area (TPSA) is 85.6 Å². The summed E-state index contributed by atoms with van der Waals surface area (Å²) in [4.78, 5) is 24.9. The Morgan fingerprint density at radius 2 is 2.00 bits per heavy atom. The Morgan fingerprint density at radius 1 is 1.08 bits per heavy atom. The standard InChI is InChI=1S/C18H14N6O/c25-18(16-6-5-14-4-2-8-20-17(14)23-16)22-15-10-21-24(12-15)11-13-3-1-7-19-9-13/h1-10,12H,11H2,(H,22,25). The number of carbonyl (C=O) groups is 1. The predicted molar refractivity (Wildman–Crippen MR) is 93.1 cm³/mol. The summed E-state index contributed by atoms with van der Waals surface area (Å²) < 4.78 is 1.74. The zero-order valence-electron chi connectivity index (χ0n) is 13.2. The molecule has 1 amide bonds. The van der Waals surface area contributed by atoms with Crippen LogP contribution in [0.5, 0.6) is 0 Å². The van der Waals surface area contributed by atoms with Gasteiger partial charge in [-0.25, -0.2) is 9.97 Å². The van der Waals surface area contributed by atoms with E-state index in [1.807, 2.05) is 30.3 Å². The van der Waals surface area contributed by atoms with Crippen molar-refractivity contribution in [3.63, 3.8) is 0 Å². The molecular weight excluding hydrogens is 316 g/mol. The molecule has 0 aliphatic carbocycles. The molecule has 4 heterocycles. The van der Waals surface area contributed by atoms with Gasteiger partial charge in [0.25, 0.3) is 5.91 Å². The second-order valence-corrected chi connectivity index (χ2v) is 5.49. The zero-order chi connectivity index (χ0) is 17.1. The molecule has 0 radical (unpaired) electrons. The highest BCUT2D eigenvalue weighted by molar-refractivity contribution is 6.03. The molecule has 0 saturated carbocycles. The van der Waals surface area contributed by atoms with Crippen molar-refractivity contribution in [1.29, 1.82) is 0 Å². The fourth-order valence-corrected chi connectivity index (χ4v) is 2.47. The molecule has 0 aromatic carbocycles. The number of anilines is 1. The first kappa shape index (κ1) is 14.9. The number of carbonyl (C=O) groups excluding carboxylic acids is 1. The maximum atomic E-state index is 12.4. The van der Waals surface area contributed by atoms with E-state index in [0.29, 0.717) is 23.6 Å². The lowest BCUT2D eigenvalue weighted by Crippen LogP contribution is -2.13. The minimum atomic E-state index is -0.298. The fourth-order valence-electron chi connectivity index (χ4n) is 2.47. The minimum absolute atomic E-state index is 0.298. The molecule has 1 N–H and O–H groups in total. The van der Waals surface area contributed by atoms with Crippen LogP contribution in [0.15, 0.2) is 67.4 Å². The number of amides is 1. The Morgan fingerprint density at radius 3 is 2.88 bits per heavy atom. The molecule has 4 rings (SSSR count). The molecular formula is C18H14N6O. The summed E-state index contributed by atoms with van der Waals surface area (Å²) in [6, 6.07) is 11.1. The Balaban J connectivity index is 1.48. The van der Waals surface area contributed by atoms with Gasteiger partial charge < -0.3 is 5.32 Å². The van der Waals surface area contributed by atoms with Gasteiger partial charge in [-0.3, -0.25) is 14.5 Å². The van der Waals surface area contributed by atoms with E-state index in [4.69, 9.17) is 0 Å². The van der Waals surface area contributed by atoms with Crippen molar-refractivity contribution in [1.82, 2.24) is 24.7 Å². The number of pyridine rings is 3. The van der Waals surface area contributed by atoms with E-state index in [1.54, 1.807) is 41.7 Å². The van der Waals surface area contributed by atoms with Gasteiger partial charge in [0.1, 0.15) is 5.69 Å². The second-order valence-electron chi connectivity index (χ2n) is 5.49. The molecule has 0 aliphatic heterocycles. The molecule has 0 spiro atoms. The summed E-state index contributed by atoms with van der Waals surface area (Å²) >= 11 is 0. The SMILES string of the molecule is O=C(Nc1cnn(Cc2cccnc2)c1)c1ccc2cccnc2n1. The number of nitrogens with one attached hydrogen (secondary N) is 1. The molecule has 4 aromatic rings. The van der Waals surface area contributed by atoms with Gasteiger partial charge in [0.05, 0.1) is 18.4 Å². The summed E-state index contributed by atoms with van der Waals surface area (Å²) in [6.07, 6.45) is 8.53. The number of hydrogen-bond donors (Lipinski definition) is 1. The van der Waals surface area contributed by atoms with Gasteiger partial charge >= 0.3 is 0 Å². The summed E-state index contributed by atoms with van der Waals surface area (Å²) in [5.74, 6) is -0.298. The molecule has 4 aromatic heterocycles. The Hall–Kier alpha value is -3.61. The lowest BCUT2D eigenvalue weighted by Gasteiger charge is -2.03. The molecule has 0 fully saturated rings. The van der Waals surface area contributed by atoms with Crippen LogP contribution in [0.3, 0.4) is 0 Å².